The van der Waals surface area contributed by atoms with Gasteiger partial charge in [-0.2, -0.15) is 5.10 Å². The zero-order valence-electron chi connectivity index (χ0n) is 11.4. The largest absolute Gasteiger partial charge is 0.461 e. The Morgan fingerprint density at radius 3 is 2.67 bits per heavy atom. The van der Waals surface area contributed by atoms with Gasteiger partial charge in [0.15, 0.2) is 5.17 Å². The van der Waals surface area contributed by atoms with E-state index in [1.54, 1.807) is 6.21 Å². The molecule has 0 aliphatic carbocycles. The Kier molecular flexibility index (Phi) is 3.87. The minimum Gasteiger partial charge on any atom is -0.461 e. The van der Waals surface area contributed by atoms with Crippen molar-refractivity contribution in [2.45, 2.75) is 6.92 Å². The minimum absolute atomic E-state index is 0.0351. The molecule has 2 aromatic rings. The molecule has 0 atom stereocenters. The quantitative estimate of drug-likeness (QED) is 0.700. The van der Waals surface area contributed by atoms with Crippen LogP contribution in [0.1, 0.15) is 11.3 Å². The van der Waals surface area contributed by atoms with Crippen molar-refractivity contribution in [3.8, 4) is 11.3 Å². The van der Waals surface area contributed by atoms with E-state index in [0.717, 1.165) is 22.6 Å². The number of nitrogens with one attached hydrogen (secondary N) is 1. The van der Waals surface area contributed by atoms with Crippen molar-refractivity contribution < 1.29 is 9.21 Å². The number of amidine groups is 1. The molecule has 106 valence electrons. The van der Waals surface area contributed by atoms with Crippen molar-refractivity contribution in [2.24, 2.45) is 10.2 Å². The van der Waals surface area contributed by atoms with Crippen LogP contribution in [0, 0.1) is 6.92 Å². The van der Waals surface area contributed by atoms with E-state index in [9.17, 15) is 4.79 Å². The van der Waals surface area contributed by atoms with E-state index in [1.165, 1.54) is 11.8 Å². The molecule has 1 amide bonds. The van der Waals surface area contributed by atoms with Gasteiger partial charge in [0.25, 0.3) is 0 Å². The Balaban J connectivity index is 1.68. The van der Waals surface area contributed by atoms with Crippen LogP contribution in [0.15, 0.2) is 51.0 Å². The van der Waals surface area contributed by atoms with Gasteiger partial charge in [-0.25, -0.2) is 0 Å². The smallest absolute Gasteiger partial charge is 0.236 e. The highest BCUT2D eigenvalue weighted by molar-refractivity contribution is 8.15. The number of hydrogen-bond acceptors (Lipinski definition) is 5. The van der Waals surface area contributed by atoms with E-state index in [2.05, 4.69) is 15.5 Å². The first-order valence-electron chi connectivity index (χ1n) is 6.41. The molecule has 3 rings (SSSR count). The molecular formula is C15H13N3O2S. The molecule has 21 heavy (non-hydrogen) atoms. The summed E-state index contributed by atoms with van der Waals surface area (Å²) in [5.74, 6) is 2.11. The number of hydrogen-bond donors (Lipinski definition) is 1. The van der Waals surface area contributed by atoms with Crippen LogP contribution in [0.5, 0.6) is 0 Å². The second-order valence-electron chi connectivity index (χ2n) is 4.52. The monoisotopic (exact) mass is 299 g/mol. The van der Waals surface area contributed by atoms with E-state index in [1.807, 2.05) is 43.3 Å². The molecule has 0 saturated carbocycles. The maximum absolute atomic E-state index is 11.0. The average molecular weight is 299 g/mol. The average Bonchev–Trinajstić information content (AvgIpc) is 3.09. The number of carbonyl (C=O) groups excluding carboxylic acids is 1. The fourth-order valence-corrected chi connectivity index (χ4v) is 2.48. The Morgan fingerprint density at radius 1 is 1.24 bits per heavy atom. The Morgan fingerprint density at radius 2 is 2.05 bits per heavy atom. The van der Waals surface area contributed by atoms with Gasteiger partial charge >= 0.3 is 0 Å². The van der Waals surface area contributed by atoms with Gasteiger partial charge in [0.1, 0.15) is 11.5 Å². The minimum atomic E-state index is -0.0351. The normalized spacial score (nSPS) is 16.8. The van der Waals surface area contributed by atoms with Crippen molar-refractivity contribution in [1.82, 2.24) is 5.32 Å². The Hall–Kier alpha value is -2.34. The summed E-state index contributed by atoms with van der Waals surface area (Å²) in [7, 11) is 0. The second kappa shape index (κ2) is 5.97. The van der Waals surface area contributed by atoms with Crippen LogP contribution in [0.2, 0.25) is 0 Å². The van der Waals surface area contributed by atoms with Crippen molar-refractivity contribution in [3.05, 3.63) is 47.7 Å². The highest BCUT2D eigenvalue weighted by Gasteiger charge is 2.15. The van der Waals surface area contributed by atoms with Crippen molar-refractivity contribution in [1.29, 1.82) is 0 Å². The number of furan rings is 1. The molecule has 1 aromatic heterocycles. The number of carbonyl (C=O) groups is 1. The summed E-state index contributed by atoms with van der Waals surface area (Å²) in [4.78, 5) is 11.0. The van der Waals surface area contributed by atoms with Crippen LogP contribution in [-0.4, -0.2) is 23.0 Å². The number of thioether (sulfide) groups is 1. The van der Waals surface area contributed by atoms with Crippen LogP contribution < -0.4 is 5.32 Å². The Bertz CT molecular complexity index is 717. The van der Waals surface area contributed by atoms with Gasteiger partial charge in [-0.05, 0) is 24.6 Å². The van der Waals surface area contributed by atoms with E-state index >= 15 is 0 Å². The van der Waals surface area contributed by atoms with Gasteiger partial charge in [-0.15, -0.1) is 5.10 Å². The van der Waals surface area contributed by atoms with E-state index in [4.69, 9.17) is 4.42 Å². The third-order valence-corrected chi connectivity index (χ3v) is 3.74. The number of aryl methyl sites for hydroxylation is 1. The fourth-order valence-electron chi connectivity index (χ4n) is 1.85. The maximum atomic E-state index is 11.0. The van der Waals surface area contributed by atoms with Crippen molar-refractivity contribution in [2.75, 3.05) is 5.75 Å². The number of rotatable bonds is 3. The lowest BCUT2D eigenvalue weighted by molar-refractivity contribution is -0.116. The molecule has 0 spiro atoms. The highest BCUT2D eigenvalue weighted by atomic mass is 32.2. The van der Waals surface area contributed by atoms with Crippen LogP contribution >= 0.6 is 11.8 Å². The summed E-state index contributed by atoms with van der Waals surface area (Å²) in [6.07, 6.45) is 1.65. The molecule has 0 bridgehead atoms. The molecule has 0 radical (unpaired) electrons. The van der Waals surface area contributed by atoms with Gasteiger partial charge in [-0.3, -0.25) is 4.79 Å². The number of nitrogens with zero attached hydrogens (tertiary/aromatic N) is 2. The molecule has 1 fully saturated rings. The van der Waals surface area contributed by atoms with E-state index in [-0.39, 0.29) is 5.91 Å². The first kappa shape index (κ1) is 13.6. The van der Waals surface area contributed by atoms with Gasteiger partial charge in [-0.1, -0.05) is 36.0 Å². The summed E-state index contributed by atoms with van der Waals surface area (Å²) >= 11 is 1.35. The molecular weight excluding hydrogens is 286 g/mol. The maximum Gasteiger partial charge on any atom is 0.236 e. The molecule has 1 aliphatic heterocycles. The Labute approximate surface area is 126 Å². The molecule has 1 aromatic carbocycles. The van der Waals surface area contributed by atoms with Gasteiger partial charge in [0.05, 0.1) is 12.0 Å². The zero-order chi connectivity index (χ0) is 14.7. The number of benzene rings is 1. The van der Waals surface area contributed by atoms with E-state index < -0.39 is 0 Å². The fraction of sp³-hybridized carbons (Fsp3) is 0.133. The molecule has 0 unspecified atom stereocenters. The lowest BCUT2D eigenvalue weighted by Crippen LogP contribution is -2.19. The van der Waals surface area contributed by atoms with Crippen LogP contribution in [0.3, 0.4) is 0 Å². The molecule has 1 saturated heterocycles. The summed E-state index contributed by atoms with van der Waals surface area (Å²) in [5.41, 5.74) is 1.95. The lowest BCUT2D eigenvalue weighted by Gasteiger charge is -1.97. The third kappa shape index (κ3) is 3.41. The van der Waals surface area contributed by atoms with Gasteiger partial charge in [0.2, 0.25) is 5.91 Å². The molecule has 1 aliphatic rings. The lowest BCUT2D eigenvalue weighted by atomic mass is 10.1. The first-order valence-corrected chi connectivity index (χ1v) is 7.40. The van der Waals surface area contributed by atoms with Gasteiger partial charge in [0, 0.05) is 5.56 Å². The topological polar surface area (TPSA) is 67.0 Å². The molecule has 2 heterocycles. The summed E-state index contributed by atoms with van der Waals surface area (Å²) in [6.45, 7) is 1.92. The highest BCUT2D eigenvalue weighted by Crippen LogP contribution is 2.21. The molecule has 5 nitrogen and oxygen atoms in total. The summed E-state index contributed by atoms with van der Waals surface area (Å²) in [5, 5.41) is 11.1. The van der Waals surface area contributed by atoms with Crippen LogP contribution in [-0.2, 0) is 4.79 Å². The van der Waals surface area contributed by atoms with Crippen molar-refractivity contribution >= 4 is 29.1 Å². The van der Waals surface area contributed by atoms with E-state index in [0.29, 0.717) is 10.9 Å². The molecule has 6 heteroatoms. The standard InChI is InChI=1S/C15H13N3O2S/c1-10-2-7-13(20-10)12-5-3-11(4-6-12)8-16-18-15-17-14(19)9-21-15/h2-8H,9H2,1H3,(H,17,18,19). The predicted molar refractivity (Wildman–Crippen MR) is 84.5 cm³/mol. The van der Waals surface area contributed by atoms with Crippen molar-refractivity contribution in [3.63, 3.8) is 0 Å². The SMILES string of the molecule is Cc1ccc(-c2ccc(C=NN=C3NC(=O)CS3)cc2)o1. The summed E-state index contributed by atoms with van der Waals surface area (Å²) in [6, 6.07) is 11.7. The zero-order valence-corrected chi connectivity index (χ0v) is 12.2. The number of amides is 1. The first-order chi connectivity index (χ1) is 10.2. The second-order valence-corrected chi connectivity index (χ2v) is 5.48. The third-order valence-electron chi connectivity index (χ3n) is 2.88. The van der Waals surface area contributed by atoms with Gasteiger partial charge < -0.3 is 9.73 Å². The van der Waals surface area contributed by atoms with Crippen LogP contribution in [0.4, 0.5) is 0 Å². The molecule has 1 N–H and O–H groups in total. The summed E-state index contributed by atoms with van der Waals surface area (Å²) < 4.78 is 5.57. The predicted octanol–water partition coefficient (Wildman–Crippen LogP) is 2.81. The van der Waals surface area contributed by atoms with Crippen LogP contribution in [0.25, 0.3) is 11.3 Å².